The number of benzene rings is 2. The fourth-order valence-corrected chi connectivity index (χ4v) is 2.19. The molecule has 0 aliphatic rings. The third-order valence-corrected chi connectivity index (χ3v) is 3.45. The van der Waals surface area contributed by atoms with Crippen LogP contribution < -0.4 is 14.8 Å². The molecule has 1 amide bonds. The van der Waals surface area contributed by atoms with Crippen molar-refractivity contribution >= 4 is 5.91 Å². The normalized spacial score (nSPS) is 11.7. The zero-order chi connectivity index (χ0) is 17.0. The molecule has 1 atom stereocenters. The summed E-state index contributed by atoms with van der Waals surface area (Å²) in [6.07, 6.45) is 0. The van der Waals surface area contributed by atoms with Crippen LogP contribution in [0.1, 0.15) is 28.9 Å². The second-order valence-corrected chi connectivity index (χ2v) is 4.91. The van der Waals surface area contributed by atoms with E-state index in [1.54, 1.807) is 25.1 Å². The molecular formula is C17H17F2NO3. The zero-order valence-corrected chi connectivity index (χ0v) is 13.0. The first-order chi connectivity index (χ1) is 11.0. The Morgan fingerprint density at radius 3 is 2.22 bits per heavy atom. The number of nitrogens with one attached hydrogen (secondary N) is 1. The fraction of sp³-hybridized carbons (Fsp3) is 0.235. The summed E-state index contributed by atoms with van der Waals surface area (Å²) in [4.78, 5) is 12.1. The zero-order valence-electron chi connectivity index (χ0n) is 13.0. The minimum Gasteiger partial charge on any atom is -0.493 e. The standard InChI is InChI=1S/C17H17F2NO3/c1-10(11-7-8-14(22-2)15(9-11)23-3)20-17(21)16-12(18)5-4-6-13(16)19/h4-10H,1-3H3,(H,20,21)/t10-/m0/s1. The van der Waals surface area contributed by atoms with Gasteiger partial charge in [0.25, 0.3) is 5.91 Å². The van der Waals surface area contributed by atoms with E-state index in [1.165, 1.54) is 20.3 Å². The van der Waals surface area contributed by atoms with Crippen LogP contribution in [0.2, 0.25) is 0 Å². The average molecular weight is 321 g/mol. The Bertz CT molecular complexity index is 699. The smallest absolute Gasteiger partial charge is 0.257 e. The molecule has 2 rings (SSSR count). The summed E-state index contributed by atoms with van der Waals surface area (Å²) in [5, 5.41) is 2.57. The molecule has 0 radical (unpaired) electrons. The number of methoxy groups -OCH3 is 2. The van der Waals surface area contributed by atoms with Crippen LogP contribution in [-0.2, 0) is 0 Å². The monoisotopic (exact) mass is 321 g/mol. The number of halogens is 2. The highest BCUT2D eigenvalue weighted by Crippen LogP contribution is 2.30. The van der Waals surface area contributed by atoms with Crippen molar-refractivity contribution in [2.75, 3.05) is 14.2 Å². The van der Waals surface area contributed by atoms with E-state index in [2.05, 4.69) is 5.32 Å². The van der Waals surface area contributed by atoms with Crippen LogP contribution in [0.15, 0.2) is 36.4 Å². The molecule has 0 aliphatic carbocycles. The lowest BCUT2D eigenvalue weighted by Gasteiger charge is -2.17. The molecule has 0 heterocycles. The Labute approximate surface area is 133 Å². The van der Waals surface area contributed by atoms with Crippen molar-refractivity contribution in [3.05, 3.63) is 59.2 Å². The predicted molar refractivity (Wildman–Crippen MR) is 81.8 cm³/mol. The lowest BCUT2D eigenvalue weighted by molar-refractivity contribution is 0.0931. The van der Waals surface area contributed by atoms with Gasteiger partial charge in [0.2, 0.25) is 0 Å². The third-order valence-electron chi connectivity index (χ3n) is 3.45. The summed E-state index contributed by atoms with van der Waals surface area (Å²) in [6.45, 7) is 1.71. The molecule has 0 saturated heterocycles. The van der Waals surface area contributed by atoms with Gasteiger partial charge >= 0.3 is 0 Å². The number of amides is 1. The first kappa shape index (κ1) is 16.7. The van der Waals surface area contributed by atoms with Gasteiger partial charge in [0.05, 0.1) is 20.3 Å². The van der Waals surface area contributed by atoms with E-state index in [9.17, 15) is 13.6 Å². The van der Waals surface area contributed by atoms with E-state index in [0.717, 1.165) is 12.1 Å². The molecule has 0 bridgehead atoms. The van der Waals surface area contributed by atoms with E-state index in [1.807, 2.05) is 0 Å². The summed E-state index contributed by atoms with van der Waals surface area (Å²) in [5.41, 5.74) is 0.118. The number of carbonyl (C=O) groups excluding carboxylic acids is 1. The number of carbonyl (C=O) groups is 1. The Morgan fingerprint density at radius 2 is 1.65 bits per heavy atom. The van der Waals surface area contributed by atoms with Gasteiger partial charge in [-0.15, -0.1) is 0 Å². The molecule has 2 aromatic carbocycles. The van der Waals surface area contributed by atoms with Crippen molar-refractivity contribution in [1.29, 1.82) is 0 Å². The van der Waals surface area contributed by atoms with Crippen molar-refractivity contribution in [2.24, 2.45) is 0 Å². The quantitative estimate of drug-likeness (QED) is 0.917. The van der Waals surface area contributed by atoms with E-state index < -0.39 is 29.1 Å². The number of rotatable bonds is 5. The number of hydrogen-bond donors (Lipinski definition) is 1. The largest absolute Gasteiger partial charge is 0.493 e. The highest BCUT2D eigenvalue weighted by molar-refractivity contribution is 5.95. The number of hydrogen-bond acceptors (Lipinski definition) is 3. The molecule has 4 nitrogen and oxygen atoms in total. The molecule has 23 heavy (non-hydrogen) atoms. The van der Waals surface area contributed by atoms with Crippen LogP contribution in [-0.4, -0.2) is 20.1 Å². The predicted octanol–water partition coefficient (Wildman–Crippen LogP) is 3.47. The van der Waals surface area contributed by atoms with Gasteiger partial charge in [-0.3, -0.25) is 4.79 Å². The Kier molecular flexibility index (Phi) is 5.16. The van der Waals surface area contributed by atoms with Gasteiger partial charge in [0.1, 0.15) is 17.2 Å². The SMILES string of the molecule is COc1ccc([C@H](C)NC(=O)c2c(F)cccc2F)cc1OC. The molecule has 0 saturated carbocycles. The summed E-state index contributed by atoms with van der Waals surface area (Å²) in [6, 6.07) is 7.95. The maximum atomic E-state index is 13.6. The Morgan fingerprint density at radius 1 is 1.04 bits per heavy atom. The van der Waals surface area contributed by atoms with Gasteiger partial charge < -0.3 is 14.8 Å². The van der Waals surface area contributed by atoms with Crippen LogP contribution in [0.5, 0.6) is 11.5 Å². The summed E-state index contributed by atoms with van der Waals surface area (Å²) in [5.74, 6) is -1.56. The fourth-order valence-electron chi connectivity index (χ4n) is 2.19. The molecule has 6 heteroatoms. The Hall–Kier alpha value is -2.63. The van der Waals surface area contributed by atoms with Crippen LogP contribution in [0.25, 0.3) is 0 Å². The second-order valence-electron chi connectivity index (χ2n) is 4.91. The lowest BCUT2D eigenvalue weighted by Crippen LogP contribution is -2.28. The van der Waals surface area contributed by atoms with Crippen LogP contribution in [0, 0.1) is 11.6 Å². The molecule has 0 unspecified atom stereocenters. The maximum absolute atomic E-state index is 13.6. The molecule has 0 spiro atoms. The van der Waals surface area contributed by atoms with Crippen molar-refractivity contribution in [2.45, 2.75) is 13.0 Å². The van der Waals surface area contributed by atoms with Gasteiger partial charge in [-0.2, -0.15) is 0 Å². The van der Waals surface area contributed by atoms with Crippen LogP contribution >= 0.6 is 0 Å². The highest BCUT2D eigenvalue weighted by atomic mass is 19.1. The molecule has 2 aromatic rings. The van der Waals surface area contributed by atoms with Gasteiger partial charge in [0, 0.05) is 0 Å². The van der Waals surface area contributed by atoms with E-state index in [4.69, 9.17) is 9.47 Å². The van der Waals surface area contributed by atoms with Gasteiger partial charge in [-0.05, 0) is 36.8 Å². The molecular weight excluding hydrogens is 304 g/mol. The van der Waals surface area contributed by atoms with Crippen molar-refractivity contribution in [3.8, 4) is 11.5 Å². The first-order valence-electron chi connectivity index (χ1n) is 6.94. The van der Waals surface area contributed by atoms with E-state index in [-0.39, 0.29) is 0 Å². The van der Waals surface area contributed by atoms with Gasteiger partial charge in [0.15, 0.2) is 11.5 Å². The average Bonchev–Trinajstić information content (AvgIpc) is 2.53. The minimum atomic E-state index is -0.901. The summed E-state index contributed by atoms with van der Waals surface area (Å²) < 4.78 is 37.6. The molecule has 0 aliphatic heterocycles. The van der Waals surface area contributed by atoms with Crippen molar-refractivity contribution in [3.63, 3.8) is 0 Å². The van der Waals surface area contributed by atoms with Gasteiger partial charge in [-0.25, -0.2) is 8.78 Å². The second kappa shape index (κ2) is 7.09. The highest BCUT2D eigenvalue weighted by Gasteiger charge is 2.19. The molecule has 1 N–H and O–H groups in total. The van der Waals surface area contributed by atoms with Crippen molar-refractivity contribution < 1.29 is 23.0 Å². The lowest BCUT2D eigenvalue weighted by atomic mass is 10.1. The van der Waals surface area contributed by atoms with Crippen LogP contribution in [0.4, 0.5) is 8.78 Å². The Balaban J connectivity index is 2.22. The van der Waals surface area contributed by atoms with E-state index in [0.29, 0.717) is 17.1 Å². The van der Waals surface area contributed by atoms with E-state index >= 15 is 0 Å². The molecule has 0 fully saturated rings. The summed E-state index contributed by atoms with van der Waals surface area (Å²) in [7, 11) is 3.02. The number of ether oxygens (including phenoxy) is 2. The molecule has 0 aromatic heterocycles. The first-order valence-corrected chi connectivity index (χ1v) is 6.94. The summed E-state index contributed by atoms with van der Waals surface area (Å²) >= 11 is 0. The molecule has 122 valence electrons. The minimum absolute atomic E-state index is 0.471. The topological polar surface area (TPSA) is 47.6 Å². The van der Waals surface area contributed by atoms with Crippen molar-refractivity contribution in [1.82, 2.24) is 5.32 Å². The van der Waals surface area contributed by atoms with Gasteiger partial charge in [-0.1, -0.05) is 12.1 Å². The van der Waals surface area contributed by atoms with Crippen LogP contribution in [0.3, 0.4) is 0 Å². The third kappa shape index (κ3) is 3.59. The maximum Gasteiger partial charge on any atom is 0.257 e.